The molecule has 0 spiro atoms. The number of aryl methyl sites for hydroxylation is 1. The average molecular weight is 472 g/mol. The molecule has 2 aromatic carbocycles. The number of hydrogen-bond acceptors (Lipinski definition) is 4. The lowest BCUT2D eigenvalue weighted by atomic mass is 10.0. The lowest BCUT2D eigenvalue weighted by molar-refractivity contribution is -0.140. The van der Waals surface area contributed by atoms with Crippen molar-refractivity contribution >= 4 is 38.0 Å². The SMILES string of the molecule is [2H]c1[nH]c2c([2H])c([2H])c([2H])c([2H])c2c1C([2H])([2H])[C@]([2H])(CS(=O)(=O)c1ccc(C#Cc2ccc(C)cc2)s1)C(=O)O. The molecule has 0 unspecified atom stereocenters. The second-order valence-electron chi connectivity index (χ2n) is 6.78. The molecule has 2 N–H and O–H groups in total. The molecule has 5 nitrogen and oxygen atoms in total. The first-order valence-electron chi connectivity index (χ1n) is 13.2. The van der Waals surface area contributed by atoms with Gasteiger partial charge in [-0.25, -0.2) is 8.42 Å². The summed E-state index contributed by atoms with van der Waals surface area (Å²) in [4.78, 5) is 15.0. The molecule has 162 valence electrons. The van der Waals surface area contributed by atoms with Crippen LogP contribution in [0.3, 0.4) is 0 Å². The molecule has 2 aromatic heterocycles. The fourth-order valence-electron chi connectivity index (χ4n) is 2.76. The van der Waals surface area contributed by atoms with Gasteiger partial charge in [-0.2, -0.15) is 0 Å². The van der Waals surface area contributed by atoms with Crippen molar-refractivity contribution in [2.24, 2.45) is 5.89 Å². The molecule has 0 saturated carbocycles. The Kier molecular flexibility index (Phi) is 3.93. The molecule has 2 heterocycles. The van der Waals surface area contributed by atoms with Crippen LogP contribution in [0.25, 0.3) is 10.9 Å². The van der Waals surface area contributed by atoms with Crippen LogP contribution in [0, 0.1) is 24.7 Å². The summed E-state index contributed by atoms with van der Waals surface area (Å²) in [5.41, 5.74) is 0.520. The number of carboxylic acid groups (broad SMARTS) is 1. The fourth-order valence-corrected chi connectivity index (χ4v) is 5.30. The van der Waals surface area contributed by atoms with Crippen LogP contribution in [0.2, 0.25) is 0 Å². The van der Waals surface area contributed by atoms with Gasteiger partial charge in [-0.1, -0.05) is 47.7 Å². The number of H-pyrrole nitrogens is 1. The average Bonchev–Trinajstić information content (AvgIpc) is 3.51. The number of aliphatic carboxylic acids is 1. The third kappa shape index (κ3) is 4.93. The second kappa shape index (κ2) is 9.03. The Balaban J connectivity index is 1.77. The summed E-state index contributed by atoms with van der Waals surface area (Å²) in [5.74, 6) is -1.35. The van der Waals surface area contributed by atoms with Gasteiger partial charge < -0.3 is 10.1 Å². The smallest absolute Gasteiger partial charge is 0.307 e. The molecule has 0 amide bonds. The van der Waals surface area contributed by atoms with Gasteiger partial charge in [0, 0.05) is 26.8 Å². The zero-order valence-electron chi connectivity index (χ0n) is 24.7. The summed E-state index contributed by atoms with van der Waals surface area (Å²) in [6.45, 7) is 1.92. The van der Waals surface area contributed by atoms with Crippen molar-refractivity contribution in [3.05, 3.63) is 88.3 Å². The van der Waals surface area contributed by atoms with Crippen molar-refractivity contribution in [2.75, 3.05) is 5.75 Å². The Bertz CT molecular complexity index is 1840. The number of carboxylic acids is 1. The number of nitrogens with one attached hydrogen (secondary N) is 1. The van der Waals surface area contributed by atoms with E-state index in [9.17, 15) is 18.3 Å². The number of rotatable bonds is 6. The third-order valence-electron chi connectivity index (χ3n) is 4.39. The van der Waals surface area contributed by atoms with E-state index >= 15 is 0 Å². The summed E-state index contributed by atoms with van der Waals surface area (Å²) in [7, 11) is -4.58. The molecule has 7 heteroatoms. The Labute approximate surface area is 201 Å². The summed E-state index contributed by atoms with van der Waals surface area (Å²) in [6, 6.07) is 7.12. The van der Waals surface area contributed by atoms with E-state index in [1.54, 1.807) is 12.1 Å². The molecule has 0 aliphatic heterocycles. The first kappa shape index (κ1) is 13.9. The first-order valence-corrected chi connectivity index (χ1v) is 11.7. The minimum absolute atomic E-state index is 0.332. The van der Waals surface area contributed by atoms with Crippen molar-refractivity contribution in [1.82, 2.24) is 4.98 Å². The molecule has 0 saturated heterocycles. The quantitative estimate of drug-likeness (QED) is 0.401. The number of aromatic nitrogens is 1. The maximum atomic E-state index is 13.3. The monoisotopic (exact) mass is 471 g/mol. The molecule has 1 atom stereocenters. The van der Waals surface area contributed by atoms with E-state index in [1.165, 1.54) is 12.1 Å². The zero-order chi connectivity index (χ0) is 29.8. The molecule has 0 fully saturated rings. The topological polar surface area (TPSA) is 87.2 Å². The van der Waals surface area contributed by atoms with E-state index in [0.29, 0.717) is 10.4 Å². The van der Waals surface area contributed by atoms with Gasteiger partial charge in [-0.3, -0.25) is 4.79 Å². The molecule has 0 aliphatic carbocycles. The van der Waals surface area contributed by atoms with Crippen LogP contribution < -0.4 is 0 Å². The van der Waals surface area contributed by atoms with Crippen molar-refractivity contribution < 1.29 is 29.3 Å². The number of aromatic amines is 1. The highest BCUT2D eigenvalue weighted by Crippen LogP contribution is 2.26. The van der Waals surface area contributed by atoms with Gasteiger partial charge in [0.1, 0.15) is 4.21 Å². The zero-order valence-corrected chi connectivity index (χ0v) is 18.3. The van der Waals surface area contributed by atoms with Crippen LogP contribution in [0.5, 0.6) is 0 Å². The standard InChI is InChI=1S/C25H21NO4S2/c1-17-6-8-18(9-7-17)10-11-21-12-13-24(31-21)32(29,30)16-20(25(27)28)14-19-15-26-23-5-3-2-4-22(19)23/h2-9,12-13,15,20,26H,14,16H2,1H3,(H,27,28)/t20-/m1/s1/i2D,3D,4D,5D,14D2,15D,20D. The number of benzene rings is 2. The van der Waals surface area contributed by atoms with Gasteiger partial charge in [0.05, 0.1) is 23.4 Å². The van der Waals surface area contributed by atoms with Crippen LogP contribution in [0.1, 0.15) is 32.5 Å². The molecular formula is C25H21NO4S2. The van der Waals surface area contributed by atoms with Crippen molar-refractivity contribution in [2.45, 2.75) is 17.5 Å². The van der Waals surface area contributed by atoms with E-state index in [2.05, 4.69) is 16.8 Å². The summed E-state index contributed by atoms with van der Waals surface area (Å²) in [5, 5.41) is 9.44. The number of carbonyl (C=O) groups is 1. The summed E-state index contributed by atoms with van der Waals surface area (Å²) < 4.78 is 92.3. The van der Waals surface area contributed by atoms with E-state index < -0.39 is 75.1 Å². The van der Waals surface area contributed by atoms with Gasteiger partial charge in [-0.15, -0.1) is 11.3 Å². The normalized spacial score (nSPS) is 17.3. The highest BCUT2D eigenvalue weighted by Gasteiger charge is 2.28. The van der Waals surface area contributed by atoms with E-state index in [1.807, 2.05) is 19.1 Å². The lowest BCUT2D eigenvalue weighted by Gasteiger charge is -2.11. The van der Waals surface area contributed by atoms with Crippen LogP contribution in [0.15, 0.2) is 70.9 Å². The van der Waals surface area contributed by atoms with E-state index in [0.717, 1.165) is 16.9 Å². The largest absolute Gasteiger partial charge is 0.481 e. The van der Waals surface area contributed by atoms with Crippen molar-refractivity contribution in [3.8, 4) is 11.8 Å². The predicted octanol–water partition coefficient (Wildman–Crippen LogP) is 4.65. The molecule has 4 aromatic rings. The van der Waals surface area contributed by atoms with Crippen molar-refractivity contribution in [1.29, 1.82) is 0 Å². The third-order valence-corrected chi connectivity index (χ3v) is 7.61. The molecule has 0 aliphatic rings. The van der Waals surface area contributed by atoms with Crippen LogP contribution in [-0.2, 0) is 21.0 Å². The van der Waals surface area contributed by atoms with Crippen LogP contribution in [0.4, 0.5) is 0 Å². The predicted molar refractivity (Wildman–Crippen MR) is 127 cm³/mol. The maximum Gasteiger partial charge on any atom is 0.307 e. The molecule has 32 heavy (non-hydrogen) atoms. The first-order chi connectivity index (χ1) is 18.5. The molecule has 4 rings (SSSR count). The minimum atomic E-state index is -4.58. The highest BCUT2D eigenvalue weighted by molar-refractivity contribution is 7.93. The van der Waals surface area contributed by atoms with E-state index in [-0.39, 0.29) is 9.73 Å². The highest BCUT2D eigenvalue weighted by atomic mass is 32.2. The maximum absolute atomic E-state index is 13.3. The minimum Gasteiger partial charge on any atom is -0.481 e. The Hall–Kier alpha value is -3.34. The molecule has 0 bridgehead atoms. The molecule has 0 radical (unpaired) electrons. The summed E-state index contributed by atoms with van der Waals surface area (Å²) >= 11 is 0.732. The van der Waals surface area contributed by atoms with Gasteiger partial charge in [-0.05, 0) is 49.2 Å². The number of sulfone groups is 1. The Morgan fingerprint density at radius 1 is 1.22 bits per heavy atom. The molecular weight excluding hydrogens is 442 g/mol. The number of para-hydroxylation sites is 1. The summed E-state index contributed by atoms with van der Waals surface area (Å²) in [6.07, 6.45) is -4.20. The van der Waals surface area contributed by atoms with Gasteiger partial charge >= 0.3 is 5.97 Å². The van der Waals surface area contributed by atoms with Crippen LogP contribution in [-0.4, -0.2) is 30.2 Å². The lowest BCUT2D eigenvalue weighted by Crippen LogP contribution is -2.25. The Morgan fingerprint density at radius 3 is 2.72 bits per heavy atom. The van der Waals surface area contributed by atoms with Gasteiger partial charge in [0.15, 0.2) is 9.84 Å². The van der Waals surface area contributed by atoms with Crippen molar-refractivity contribution in [3.63, 3.8) is 0 Å². The number of hydrogen-bond donors (Lipinski definition) is 2. The van der Waals surface area contributed by atoms with E-state index in [4.69, 9.17) is 11.0 Å². The second-order valence-corrected chi connectivity index (χ2v) is 10.1. The Morgan fingerprint density at radius 2 is 1.97 bits per heavy atom. The van der Waals surface area contributed by atoms with Gasteiger partial charge in [0.2, 0.25) is 0 Å². The number of thiophene rings is 1. The van der Waals surface area contributed by atoms with Gasteiger partial charge in [0.25, 0.3) is 0 Å². The fraction of sp³-hybridized carbons (Fsp3) is 0.160. The number of fused-ring (bicyclic) bond motifs is 1. The van der Waals surface area contributed by atoms with Crippen LogP contribution >= 0.6 is 11.3 Å².